The van der Waals surface area contributed by atoms with E-state index in [1.165, 1.54) is 12.8 Å². The molecule has 1 aromatic rings. The van der Waals surface area contributed by atoms with Crippen LogP contribution < -0.4 is 10.2 Å². The largest absolute Gasteiger partial charge is 0.444 e. The van der Waals surface area contributed by atoms with Crippen molar-refractivity contribution in [2.45, 2.75) is 83.9 Å². The van der Waals surface area contributed by atoms with E-state index in [2.05, 4.69) is 22.2 Å². The van der Waals surface area contributed by atoms with Gasteiger partial charge in [0.25, 0.3) is 0 Å². The molecule has 3 saturated heterocycles. The number of carbonyl (C=O) groups excluding carboxylic acids is 3. The zero-order valence-electron chi connectivity index (χ0n) is 24.6. The monoisotopic (exact) mass is 575 g/mol. The molecule has 0 bridgehead atoms. The Labute approximate surface area is 244 Å². The van der Waals surface area contributed by atoms with Crippen molar-refractivity contribution in [2.24, 2.45) is 5.92 Å². The van der Waals surface area contributed by atoms with E-state index >= 15 is 0 Å². The van der Waals surface area contributed by atoms with Gasteiger partial charge in [-0.15, -0.1) is 0 Å². The van der Waals surface area contributed by atoms with E-state index in [0.717, 1.165) is 70.5 Å². The molecule has 4 rings (SSSR count). The van der Waals surface area contributed by atoms with Gasteiger partial charge in [-0.05, 0) is 110 Å². The normalized spacial score (nSPS) is 20.2. The molecular weight excluding hydrogens is 530 g/mol. The number of piperidine rings is 2. The van der Waals surface area contributed by atoms with Crippen LogP contribution in [0.3, 0.4) is 0 Å². The first-order valence-electron chi connectivity index (χ1n) is 14.8. The van der Waals surface area contributed by atoms with Crippen molar-refractivity contribution in [1.29, 1.82) is 0 Å². The van der Waals surface area contributed by atoms with Gasteiger partial charge in [0.15, 0.2) is 0 Å². The summed E-state index contributed by atoms with van der Waals surface area (Å²) in [6, 6.07) is 6.03. The van der Waals surface area contributed by atoms with E-state index < -0.39 is 11.6 Å². The summed E-state index contributed by atoms with van der Waals surface area (Å²) in [4.78, 5) is 44.5. The minimum atomic E-state index is -0.440. The van der Waals surface area contributed by atoms with Crippen LogP contribution in [0.4, 0.5) is 15.3 Å². The van der Waals surface area contributed by atoms with Crippen LogP contribution in [-0.4, -0.2) is 90.7 Å². The molecule has 3 aliphatic rings. The summed E-state index contributed by atoms with van der Waals surface area (Å²) in [6.07, 6.45) is 6.91. The van der Waals surface area contributed by atoms with Crippen LogP contribution in [0.15, 0.2) is 18.2 Å². The van der Waals surface area contributed by atoms with Gasteiger partial charge in [-0.25, -0.2) is 9.59 Å². The highest BCUT2D eigenvalue weighted by Gasteiger charge is 2.28. The Kier molecular flexibility index (Phi) is 10.4. The Morgan fingerprint density at radius 3 is 2.42 bits per heavy atom. The second-order valence-corrected chi connectivity index (χ2v) is 13.0. The third-order valence-corrected chi connectivity index (χ3v) is 8.65. The summed E-state index contributed by atoms with van der Waals surface area (Å²) in [7, 11) is 2.26. The van der Waals surface area contributed by atoms with Crippen LogP contribution in [0, 0.1) is 5.92 Å². The highest BCUT2D eigenvalue weighted by atomic mass is 35.5. The maximum Gasteiger partial charge on any atom is 0.410 e. The van der Waals surface area contributed by atoms with E-state index in [9.17, 15) is 14.4 Å². The topological polar surface area (TPSA) is 85.4 Å². The number of halogens is 1. The number of anilines is 1. The molecule has 10 heteroatoms. The van der Waals surface area contributed by atoms with Crippen molar-refractivity contribution < 1.29 is 19.1 Å². The molecule has 0 aromatic heterocycles. The molecule has 0 saturated carbocycles. The fraction of sp³-hybridized carbons (Fsp3) is 0.700. The molecule has 40 heavy (non-hydrogen) atoms. The predicted octanol–water partition coefficient (Wildman–Crippen LogP) is 5.11. The first-order valence-corrected chi connectivity index (χ1v) is 15.2. The van der Waals surface area contributed by atoms with Gasteiger partial charge in [0.05, 0.1) is 10.7 Å². The SMILES string of the molecule is CN(CCCC1CCN(C(=O)OC(C)(C)C)CC1)C1CCN(Cc2ccc(Cl)c(N3CCC(=O)NC3=O)c2)CC1. The van der Waals surface area contributed by atoms with Crippen LogP contribution in [0.1, 0.15) is 71.3 Å². The third-order valence-electron chi connectivity index (χ3n) is 8.33. The van der Waals surface area contributed by atoms with Crippen LogP contribution in [0.25, 0.3) is 0 Å². The molecule has 0 radical (unpaired) electrons. The number of nitrogens with zero attached hydrogens (tertiary/aromatic N) is 4. The lowest BCUT2D eigenvalue weighted by atomic mass is 9.92. The molecule has 3 heterocycles. The predicted molar refractivity (Wildman–Crippen MR) is 158 cm³/mol. The number of ether oxygens (including phenoxy) is 1. The van der Waals surface area contributed by atoms with Crippen LogP contribution in [-0.2, 0) is 16.1 Å². The molecular formula is C30H46ClN5O4. The molecule has 222 valence electrons. The highest BCUT2D eigenvalue weighted by molar-refractivity contribution is 6.34. The van der Waals surface area contributed by atoms with Crippen molar-refractivity contribution in [2.75, 3.05) is 51.2 Å². The molecule has 9 nitrogen and oxygen atoms in total. The lowest BCUT2D eigenvalue weighted by Crippen LogP contribution is -2.49. The van der Waals surface area contributed by atoms with Gasteiger partial charge >= 0.3 is 12.1 Å². The van der Waals surface area contributed by atoms with E-state index in [1.807, 2.05) is 43.9 Å². The van der Waals surface area contributed by atoms with E-state index in [-0.39, 0.29) is 18.4 Å². The number of amides is 4. The number of hydrogen-bond acceptors (Lipinski definition) is 6. The van der Waals surface area contributed by atoms with Crippen LogP contribution in [0.5, 0.6) is 0 Å². The Morgan fingerprint density at radius 2 is 1.77 bits per heavy atom. The molecule has 1 N–H and O–H groups in total. The maximum absolute atomic E-state index is 12.3. The van der Waals surface area contributed by atoms with E-state index in [0.29, 0.717) is 29.2 Å². The zero-order chi connectivity index (χ0) is 28.9. The van der Waals surface area contributed by atoms with Gasteiger partial charge in [0, 0.05) is 38.6 Å². The highest BCUT2D eigenvalue weighted by Crippen LogP contribution is 2.30. The van der Waals surface area contributed by atoms with E-state index in [1.54, 1.807) is 4.90 Å². The van der Waals surface area contributed by atoms with E-state index in [4.69, 9.17) is 16.3 Å². The lowest BCUT2D eigenvalue weighted by molar-refractivity contribution is -0.120. The average molecular weight is 576 g/mol. The van der Waals surface area contributed by atoms with Crippen molar-refractivity contribution in [1.82, 2.24) is 20.0 Å². The Morgan fingerprint density at radius 1 is 1.07 bits per heavy atom. The third kappa shape index (κ3) is 8.57. The molecule has 0 atom stereocenters. The average Bonchev–Trinajstić information content (AvgIpc) is 2.90. The fourth-order valence-corrected chi connectivity index (χ4v) is 6.20. The van der Waals surface area contributed by atoms with Gasteiger partial charge in [0.2, 0.25) is 5.91 Å². The quantitative estimate of drug-likeness (QED) is 0.464. The summed E-state index contributed by atoms with van der Waals surface area (Å²) < 4.78 is 5.52. The summed E-state index contributed by atoms with van der Waals surface area (Å²) in [5.74, 6) is 0.441. The number of urea groups is 1. The summed E-state index contributed by atoms with van der Waals surface area (Å²) in [6.45, 7) is 11.7. The standard InChI is InChI=1S/C30H46ClN5O4/c1-30(2,3)40-29(39)35-17-9-22(10-18-35)6-5-14-33(4)24-11-15-34(16-12-24)21-23-7-8-25(31)26(20-23)36-19-13-27(37)32-28(36)38/h7-8,20,22,24H,5-6,9-19,21H2,1-4H3,(H,32,37,38). The number of imide groups is 1. The summed E-state index contributed by atoms with van der Waals surface area (Å²) in [5.41, 5.74) is 1.34. The van der Waals surface area contributed by atoms with Crippen molar-refractivity contribution in [3.8, 4) is 0 Å². The van der Waals surface area contributed by atoms with Gasteiger partial charge in [-0.1, -0.05) is 17.7 Å². The van der Waals surface area contributed by atoms with Crippen LogP contribution >= 0.6 is 11.6 Å². The Balaban J connectivity index is 1.15. The van der Waals surface area contributed by atoms with Gasteiger partial charge in [-0.2, -0.15) is 0 Å². The van der Waals surface area contributed by atoms with Crippen molar-refractivity contribution in [3.05, 3.63) is 28.8 Å². The van der Waals surface area contributed by atoms with Gasteiger partial charge < -0.3 is 14.5 Å². The molecule has 0 aliphatic carbocycles. The first-order chi connectivity index (χ1) is 19.0. The number of likely N-dealkylation sites (tertiary alicyclic amines) is 2. The number of hydrogen-bond donors (Lipinski definition) is 1. The summed E-state index contributed by atoms with van der Waals surface area (Å²) in [5, 5.41) is 2.89. The number of nitrogens with one attached hydrogen (secondary N) is 1. The maximum atomic E-state index is 12.3. The number of carbonyl (C=O) groups is 3. The first kappa shape index (κ1) is 30.6. The summed E-state index contributed by atoms with van der Waals surface area (Å²) >= 11 is 6.41. The van der Waals surface area contributed by atoms with Gasteiger partial charge in [0.1, 0.15) is 5.60 Å². The zero-order valence-corrected chi connectivity index (χ0v) is 25.3. The molecule has 0 unspecified atom stereocenters. The molecule has 3 fully saturated rings. The fourth-order valence-electron chi connectivity index (χ4n) is 5.98. The molecule has 4 amide bonds. The number of benzene rings is 1. The molecule has 3 aliphatic heterocycles. The van der Waals surface area contributed by atoms with Gasteiger partial charge in [-0.3, -0.25) is 19.9 Å². The lowest BCUT2D eigenvalue weighted by Gasteiger charge is -2.37. The second-order valence-electron chi connectivity index (χ2n) is 12.6. The molecule has 1 aromatic carbocycles. The Hall–Kier alpha value is -2.36. The minimum absolute atomic E-state index is 0.180. The van der Waals surface area contributed by atoms with Crippen LogP contribution in [0.2, 0.25) is 5.02 Å². The molecule has 0 spiro atoms. The Bertz CT molecular complexity index is 1050. The number of rotatable bonds is 8. The van der Waals surface area contributed by atoms with Crippen molar-refractivity contribution in [3.63, 3.8) is 0 Å². The second kappa shape index (κ2) is 13.5. The van der Waals surface area contributed by atoms with Crippen molar-refractivity contribution >= 4 is 35.3 Å². The smallest absolute Gasteiger partial charge is 0.410 e. The minimum Gasteiger partial charge on any atom is -0.444 e.